The maximum Gasteiger partial charge on any atom is 0.345 e. The molecule has 0 N–H and O–H groups in total. The van der Waals surface area contributed by atoms with Gasteiger partial charge in [0.15, 0.2) is 0 Å². The molecule has 1 heterocycles. The zero-order chi connectivity index (χ0) is 22.9. The Kier molecular flexibility index (Phi) is 6.22. The first-order chi connectivity index (χ1) is 14.5. The van der Waals surface area contributed by atoms with E-state index < -0.39 is 16.4 Å². The SMILES string of the molecule is Cc1ccc(Sc2c(C)nn(C(C)(C)C)c2OC(=O)c2ccc(C)c([N+](=O)[O-])c2)cc1. The van der Waals surface area contributed by atoms with E-state index in [-0.39, 0.29) is 11.3 Å². The van der Waals surface area contributed by atoms with Gasteiger partial charge in [-0.05, 0) is 59.7 Å². The molecular formula is C23H25N3O4S. The molecule has 162 valence electrons. The molecule has 0 aliphatic rings. The number of aromatic nitrogens is 2. The third kappa shape index (κ3) is 4.96. The predicted octanol–water partition coefficient (Wildman–Crippen LogP) is 5.84. The average molecular weight is 440 g/mol. The highest BCUT2D eigenvalue weighted by Crippen LogP contribution is 2.40. The molecule has 0 radical (unpaired) electrons. The Morgan fingerprint density at radius 2 is 1.74 bits per heavy atom. The van der Waals surface area contributed by atoms with Crippen molar-refractivity contribution < 1.29 is 14.5 Å². The van der Waals surface area contributed by atoms with Crippen LogP contribution < -0.4 is 4.74 Å². The zero-order valence-corrected chi connectivity index (χ0v) is 19.2. The zero-order valence-electron chi connectivity index (χ0n) is 18.4. The highest BCUT2D eigenvalue weighted by molar-refractivity contribution is 7.99. The maximum atomic E-state index is 12.9. The van der Waals surface area contributed by atoms with Gasteiger partial charge >= 0.3 is 5.97 Å². The molecule has 2 aromatic carbocycles. The third-order valence-electron chi connectivity index (χ3n) is 4.67. The van der Waals surface area contributed by atoms with Crippen LogP contribution in [0.2, 0.25) is 0 Å². The minimum absolute atomic E-state index is 0.114. The molecule has 3 rings (SSSR count). The Labute approximate surface area is 185 Å². The molecule has 0 saturated carbocycles. The number of carbonyl (C=O) groups excluding carboxylic acids is 1. The first kappa shape index (κ1) is 22.6. The highest BCUT2D eigenvalue weighted by Gasteiger charge is 2.28. The Bertz CT molecular complexity index is 1140. The van der Waals surface area contributed by atoms with E-state index in [0.717, 1.165) is 21.0 Å². The quantitative estimate of drug-likeness (QED) is 0.282. The van der Waals surface area contributed by atoms with Gasteiger partial charge in [0.1, 0.15) is 0 Å². The van der Waals surface area contributed by atoms with E-state index in [9.17, 15) is 14.9 Å². The molecular weight excluding hydrogens is 414 g/mol. The Hall–Kier alpha value is -3.13. The molecule has 0 spiro atoms. The second-order valence-electron chi connectivity index (χ2n) is 8.37. The van der Waals surface area contributed by atoms with Crippen molar-refractivity contribution in [2.75, 3.05) is 0 Å². The van der Waals surface area contributed by atoms with Crippen molar-refractivity contribution in [3.63, 3.8) is 0 Å². The second kappa shape index (κ2) is 8.55. The predicted molar refractivity (Wildman–Crippen MR) is 120 cm³/mol. The van der Waals surface area contributed by atoms with Crippen molar-refractivity contribution in [1.29, 1.82) is 0 Å². The van der Waals surface area contributed by atoms with Gasteiger partial charge in [-0.2, -0.15) is 5.10 Å². The fraction of sp³-hybridized carbons (Fsp3) is 0.304. The minimum Gasteiger partial charge on any atom is -0.403 e. The molecule has 0 aliphatic heterocycles. The number of benzene rings is 2. The lowest BCUT2D eigenvalue weighted by atomic mass is 10.1. The lowest BCUT2D eigenvalue weighted by Crippen LogP contribution is -2.25. The summed E-state index contributed by atoms with van der Waals surface area (Å²) in [7, 11) is 0. The third-order valence-corrected chi connectivity index (χ3v) is 5.85. The summed E-state index contributed by atoms with van der Waals surface area (Å²) in [4.78, 5) is 25.4. The molecule has 0 amide bonds. The summed E-state index contributed by atoms with van der Waals surface area (Å²) in [5.74, 6) is -0.344. The summed E-state index contributed by atoms with van der Waals surface area (Å²) in [6, 6.07) is 12.4. The Morgan fingerprint density at radius 3 is 2.32 bits per heavy atom. The molecule has 3 aromatic rings. The van der Waals surface area contributed by atoms with Gasteiger partial charge in [-0.15, -0.1) is 0 Å². The van der Waals surface area contributed by atoms with Crippen molar-refractivity contribution >= 4 is 23.4 Å². The number of nitro benzene ring substituents is 1. The van der Waals surface area contributed by atoms with Crippen molar-refractivity contribution in [3.8, 4) is 5.88 Å². The van der Waals surface area contributed by atoms with Crippen molar-refractivity contribution in [1.82, 2.24) is 9.78 Å². The van der Waals surface area contributed by atoms with Crippen LogP contribution in [0, 0.1) is 30.9 Å². The van der Waals surface area contributed by atoms with Crippen LogP contribution in [0.15, 0.2) is 52.3 Å². The highest BCUT2D eigenvalue weighted by atomic mass is 32.2. The number of aryl methyl sites for hydroxylation is 3. The molecule has 0 unspecified atom stereocenters. The van der Waals surface area contributed by atoms with Crippen LogP contribution >= 0.6 is 11.8 Å². The van der Waals surface area contributed by atoms with Crippen molar-refractivity contribution in [3.05, 3.63) is 75.0 Å². The fourth-order valence-corrected chi connectivity index (χ4v) is 3.87. The summed E-state index contributed by atoms with van der Waals surface area (Å²) in [5.41, 5.74) is 1.92. The van der Waals surface area contributed by atoms with Crippen LogP contribution in [0.25, 0.3) is 0 Å². The van der Waals surface area contributed by atoms with Gasteiger partial charge in [0.25, 0.3) is 5.69 Å². The monoisotopic (exact) mass is 439 g/mol. The number of hydrogen-bond donors (Lipinski definition) is 0. The van der Waals surface area contributed by atoms with Crippen molar-refractivity contribution in [2.45, 2.75) is 56.9 Å². The minimum atomic E-state index is -0.667. The van der Waals surface area contributed by atoms with Crippen molar-refractivity contribution in [2.24, 2.45) is 0 Å². The van der Waals surface area contributed by atoms with E-state index in [1.807, 2.05) is 58.9 Å². The number of hydrogen-bond acceptors (Lipinski definition) is 6. The van der Waals surface area contributed by atoms with Crippen LogP contribution in [0.5, 0.6) is 5.88 Å². The Morgan fingerprint density at radius 1 is 1.10 bits per heavy atom. The number of ether oxygens (including phenoxy) is 1. The lowest BCUT2D eigenvalue weighted by molar-refractivity contribution is -0.385. The van der Waals surface area contributed by atoms with Gasteiger partial charge in [-0.25, -0.2) is 9.48 Å². The van der Waals surface area contributed by atoms with E-state index in [1.54, 1.807) is 17.7 Å². The van der Waals surface area contributed by atoms with Gasteiger partial charge in [0, 0.05) is 16.5 Å². The molecule has 0 bridgehead atoms. The van der Waals surface area contributed by atoms with E-state index in [2.05, 4.69) is 5.10 Å². The number of nitrogens with zero attached hydrogens (tertiary/aromatic N) is 3. The van der Waals surface area contributed by atoms with Gasteiger partial charge in [-0.3, -0.25) is 10.1 Å². The standard InChI is InChI=1S/C23H25N3O4S/c1-14-7-11-18(12-8-14)31-20-16(3)24-25(23(4,5)6)21(20)30-22(27)17-10-9-15(2)19(13-17)26(28)29/h7-13H,1-6H3. The smallest absolute Gasteiger partial charge is 0.345 e. The molecule has 31 heavy (non-hydrogen) atoms. The Balaban J connectivity index is 2.02. The summed E-state index contributed by atoms with van der Waals surface area (Å²) in [6.07, 6.45) is 0. The van der Waals surface area contributed by atoms with Crippen LogP contribution in [0.3, 0.4) is 0 Å². The van der Waals surface area contributed by atoms with Gasteiger partial charge in [0.2, 0.25) is 5.88 Å². The number of nitro groups is 1. The van der Waals surface area contributed by atoms with Gasteiger partial charge < -0.3 is 4.74 Å². The number of rotatable bonds is 5. The van der Waals surface area contributed by atoms with E-state index in [1.165, 1.54) is 23.9 Å². The molecule has 7 nitrogen and oxygen atoms in total. The fourth-order valence-electron chi connectivity index (χ4n) is 2.96. The van der Waals surface area contributed by atoms with Crippen LogP contribution in [-0.2, 0) is 5.54 Å². The normalized spacial score (nSPS) is 11.4. The molecule has 1 aromatic heterocycles. The second-order valence-corrected chi connectivity index (χ2v) is 9.45. The molecule has 0 aliphatic carbocycles. The van der Waals surface area contributed by atoms with Gasteiger partial charge in [0.05, 0.1) is 26.6 Å². The first-order valence-electron chi connectivity index (χ1n) is 9.79. The van der Waals surface area contributed by atoms with E-state index in [0.29, 0.717) is 11.4 Å². The molecule has 0 saturated heterocycles. The van der Waals surface area contributed by atoms with Crippen LogP contribution in [0.4, 0.5) is 5.69 Å². The summed E-state index contributed by atoms with van der Waals surface area (Å²) >= 11 is 1.47. The topological polar surface area (TPSA) is 87.3 Å². The van der Waals surface area contributed by atoms with E-state index >= 15 is 0 Å². The summed E-state index contributed by atoms with van der Waals surface area (Å²) in [5, 5.41) is 15.9. The lowest BCUT2D eigenvalue weighted by Gasteiger charge is -2.22. The summed E-state index contributed by atoms with van der Waals surface area (Å²) in [6.45, 7) is 11.4. The maximum absolute atomic E-state index is 12.9. The molecule has 0 atom stereocenters. The summed E-state index contributed by atoms with van der Waals surface area (Å²) < 4.78 is 7.48. The van der Waals surface area contributed by atoms with Gasteiger partial charge in [-0.1, -0.05) is 35.5 Å². The first-order valence-corrected chi connectivity index (χ1v) is 10.6. The largest absolute Gasteiger partial charge is 0.403 e. The molecule has 0 fully saturated rings. The molecule has 8 heteroatoms. The van der Waals surface area contributed by atoms with Crippen LogP contribution in [-0.4, -0.2) is 20.7 Å². The average Bonchev–Trinajstić information content (AvgIpc) is 2.99. The number of carbonyl (C=O) groups is 1. The van der Waals surface area contributed by atoms with Crippen LogP contribution in [0.1, 0.15) is 48.0 Å². The van der Waals surface area contributed by atoms with E-state index in [4.69, 9.17) is 4.74 Å². The number of esters is 1.